The van der Waals surface area contributed by atoms with Gasteiger partial charge in [0, 0.05) is 16.5 Å². The van der Waals surface area contributed by atoms with Crippen LogP contribution in [0.1, 0.15) is 26.3 Å². The lowest BCUT2D eigenvalue weighted by atomic mass is 9.95. The smallest absolute Gasteiger partial charge is 0.325 e. The summed E-state index contributed by atoms with van der Waals surface area (Å²) in [6.45, 7) is 4.83. The van der Waals surface area contributed by atoms with Gasteiger partial charge in [-0.15, -0.1) is 0 Å². The van der Waals surface area contributed by atoms with E-state index in [0.29, 0.717) is 28.2 Å². The molecule has 0 aliphatic carbocycles. The largest absolute Gasteiger partial charge is 0.418 e. The molecule has 1 N–H and O–H groups in total. The third-order valence-electron chi connectivity index (χ3n) is 5.02. The Morgan fingerprint density at radius 2 is 1.70 bits per heavy atom. The third kappa shape index (κ3) is 4.57. The van der Waals surface area contributed by atoms with Gasteiger partial charge in [-0.25, -0.2) is 13.9 Å². The van der Waals surface area contributed by atoms with Crippen molar-refractivity contribution in [3.8, 4) is 22.5 Å². The first-order chi connectivity index (χ1) is 15.4. The normalized spacial score (nSPS) is 12.2. The van der Waals surface area contributed by atoms with Crippen LogP contribution in [0.15, 0.2) is 60.8 Å². The second kappa shape index (κ2) is 7.99. The molecule has 0 aliphatic heterocycles. The summed E-state index contributed by atoms with van der Waals surface area (Å²) in [5.74, 6) is -0.969. The van der Waals surface area contributed by atoms with Crippen LogP contribution in [0.2, 0.25) is 0 Å². The molecule has 0 saturated carbocycles. The Hall–Kier alpha value is -3.75. The number of hydrogen-bond donors (Lipinski definition) is 1. The second-order valence-electron chi connectivity index (χ2n) is 8.59. The maximum Gasteiger partial charge on any atom is 0.418 e. The number of nitrogens with one attached hydrogen (secondary N) is 1. The summed E-state index contributed by atoms with van der Waals surface area (Å²) in [4.78, 5) is 16.8. The second-order valence-corrected chi connectivity index (χ2v) is 8.59. The van der Waals surface area contributed by atoms with E-state index in [1.807, 2.05) is 0 Å². The van der Waals surface area contributed by atoms with E-state index in [2.05, 4.69) is 15.4 Å². The van der Waals surface area contributed by atoms with Crippen LogP contribution in [0, 0.1) is 11.2 Å². The minimum Gasteiger partial charge on any atom is -0.325 e. The number of imidazole rings is 1. The molecule has 9 heteroatoms. The van der Waals surface area contributed by atoms with Gasteiger partial charge in [0.15, 0.2) is 5.65 Å². The number of halogens is 4. The first kappa shape index (κ1) is 22.4. The van der Waals surface area contributed by atoms with Gasteiger partial charge in [-0.1, -0.05) is 39.0 Å². The predicted octanol–water partition coefficient (Wildman–Crippen LogP) is 6.21. The number of benzene rings is 2. The highest BCUT2D eigenvalue weighted by Gasteiger charge is 2.35. The number of alkyl halides is 3. The zero-order chi connectivity index (χ0) is 24.0. The highest BCUT2D eigenvalue weighted by atomic mass is 19.4. The summed E-state index contributed by atoms with van der Waals surface area (Å²) >= 11 is 0. The van der Waals surface area contributed by atoms with Crippen molar-refractivity contribution in [3.05, 3.63) is 72.2 Å². The maximum atomic E-state index is 14.1. The van der Waals surface area contributed by atoms with Crippen molar-refractivity contribution >= 4 is 17.2 Å². The molecule has 0 radical (unpaired) electrons. The Kier molecular flexibility index (Phi) is 5.43. The van der Waals surface area contributed by atoms with Crippen LogP contribution < -0.4 is 5.32 Å². The number of carbonyl (C=O) groups excluding carboxylic acids is 1. The third-order valence-corrected chi connectivity index (χ3v) is 5.02. The first-order valence-corrected chi connectivity index (χ1v) is 10.1. The summed E-state index contributed by atoms with van der Waals surface area (Å²) in [6.07, 6.45) is -3.11. The van der Waals surface area contributed by atoms with Crippen LogP contribution in [-0.4, -0.2) is 20.5 Å². The molecule has 4 rings (SSSR count). The lowest BCUT2D eigenvalue weighted by Crippen LogP contribution is -2.28. The number of nitrogens with zero attached hydrogens (tertiary/aromatic N) is 3. The van der Waals surface area contributed by atoms with Crippen molar-refractivity contribution in [1.29, 1.82) is 0 Å². The SMILES string of the molecule is CC(C)(C)C(=O)Nc1cc(-c2cn3nc(-c4ccccc4F)ccc3n2)ccc1C(F)(F)F. The number of anilines is 1. The fraction of sp³-hybridized carbons (Fsp3) is 0.208. The number of amides is 1. The van der Waals surface area contributed by atoms with E-state index < -0.39 is 28.9 Å². The zero-order valence-electron chi connectivity index (χ0n) is 18.0. The lowest BCUT2D eigenvalue weighted by Gasteiger charge is -2.20. The molecular weight excluding hydrogens is 436 g/mol. The average molecular weight is 456 g/mol. The maximum absolute atomic E-state index is 14.1. The van der Waals surface area contributed by atoms with Crippen LogP contribution >= 0.6 is 0 Å². The monoisotopic (exact) mass is 456 g/mol. The Bertz CT molecular complexity index is 1350. The Morgan fingerprint density at radius 1 is 0.970 bits per heavy atom. The number of rotatable bonds is 3. The van der Waals surface area contributed by atoms with Crippen molar-refractivity contribution < 1.29 is 22.4 Å². The summed E-state index contributed by atoms with van der Waals surface area (Å²) in [5.41, 5.74) is -0.325. The number of fused-ring (bicyclic) bond motifs is 1. The Labute approximate surface area is 187 Å². The summed E-state index contributed by atoms with van der Waals surface area (Å²) in [5, 5.41) is 6.76. The number of hydrogen-bond acceptors (Lipinski definition) is 3. The fourth-order valence-corrected chi connectivity index (χ4v) is 3.20. The summed E-state index contributed by atoms with van der Waals surface area (Å²) in [7, 11) is 0. The van der Waals surface area contributed by atoms with Crippen molar-refractivity contribution in [1.82, 2.24) is 14.6 Å². The van der Waals surface area contributed by atoms with E-state index in [1.54, 1.807) is 51.1 Å². The molecule has 0 spiro atoms. The molecular formula is C24H20F4N4O. The van der Waals surface area contributed by atoms with Gasteiger partial charge in [0.05, 0.1) is 28.8 Å². The lowest BCUT2D eigenvalue weighted by molar-refractivity contribution is -0.137. The van der Waals surface area contributed by atoms with Gasteiger partial charge in [0.2, 0.25) is 5.91 Å². The summed E-state index contributed by atoms with van der Waals surface area (Å²) in [6, 6.07) is 12.9. The molecule has 0 unspecified atom stereocenters. The van der Waals surface area contributed by atoms with Gasteiger partial charge in [0.1, 0.15) is 5.82 Å². The standard InChI is InChI=1S/C24H20F4N4O/c1-23(2,3)22(33)30-19-12-14(8-9-16(19)24(26,27)28)20-13-32-21(29-20)11-10-18(31-32)15-6-4-5-7-17(15)25/h4-13H,1-3H3,(H,30,33). The van der Waals surface area contributed by atoms with Gasteiger partial charge < -0.3 is 5.32 Å². The van der Waals surface area contributed by atoms with Crippen molar-refractivity contribution in [3.63, 3.8) is 0 Å². The Balaban J connectivity index is 1.76. The van der Waals surface area contributed by atoms with Gasteiger partial charge in [-0.3, -0.25) is 4.79 Å². The van der Waals surface area contributed by atoms with Crippen LogP contribution in [0.3, 0.4) is 0 Å². The van der Waals surface area contributed by atoms with E-state index in [-0.39, 0.29) is 5.69 Å². The molecule has 1 amide bonds. The van der Waals surface area contributed by atoms with Crippen molar-refractivity contribution in [2.24, 2.45) is 5.41 Å². The fourth-order valence-electron chi connectivity index (χ4n) is 3.20. The minimum atomic E-state index is -4.64. The van der Waals surface area contributed by atoms with Crippen molar-refractivity contribution in [2.75, 3.05) is 5.32 Å². The molecule has 5 nitrogen and oxygen atoms in total. The molecule has 2 aromatic heterocycles. The van der Waals surface area contributed by atoms with Crippen LogP contribution in [0.5, 0.6) is 0 Å². The van der Waals surface area contributed by atoms with E-state index in [4.69, 9.17) is 0 Å². The summed E-state index contributed by atoms with van der Waals surface area (Å²) < 4.78 is 56.1. The van der Waals surface area contributed by atoms with Gasteiger partial charge in [-0.05, 0) is 36.4 Å². The predicted molar refractivity (Wildman–Crippen MR) is 117 cm³/mol. The van der Waals surface area contributed by atoms with Gasteiger partial charge in [-0.2, -0.15) is 18.3 Å². The van der Waals surface area contributed by atoms with Gasteiger partial charge in [0.25, 0.3) is 0 Å². The van der Waals surface area contributed by atoms with Gasteiger partial charge >= 0.3 is 6.18 Å². The molecule has 0 fully saturated rings. The van der Waals surface area contributed by atoms with Crippen LogP contribution in [-0.2, 0) is 11.0 Å². The first-order valence-electron chi connectivity index (χ1n) is 10.1. The minimum absolute atomic E-state index is 0.316. The number of carbonyl (C=O) groups is 1. The number of aromatic nitrogens is 3. The molecule has 33 heavy (non-hydrogen) atoms. The van der Waals surface area contributed by atoms with Crippen molar-refractivity contribution in [2.45, 2.75) is 26.9 Å². The molecule has 0 bridgehead atoms. The topological polar surface area (TPSA) is 59.3 Å². The van der Waals surface area contributed by atoms with E-state index >= 15 is 0 Å². The Morgan fingerprint density at radius 3 is 2.36 bits per heavy atom. The highest BCUT2D eigenvalue weighted by molar-refractivity contribution is 5.96. The average Bonchev–Trinajstić information content (AvgIpc) is 3.16. The van der Waals surface area contributed by atoms with Crippen LogP contribution in [0.25, 0.3) is 28.2 Å². The molecule has 0 aliphatic rings. The quantitative estimate of drug-likeness (QED) is 0.373. The molecule has 4 aromatic rings. The van der Waals surface area contributed by atoms with E-state index in [0.717, 1.165) is 6.07 Å². The zero-order valence-corrected chi connectivity index (χ0v) is 18.0. The molecule has 170 valence electrons. The van der Waals surface area contributed by atoms with Crippen LogP contribution in [0.4, 0.5) is 23.2 Å². The van der Waals surface area contributed by atoms with E-state index in [9.17, 15) is 22.4 Å². The molecule has 0 saturated heterocycles. The molecule has 0 atom stereocenters. The molecule has 2 aromatic carbocycles. The van der Waals surface area contributed by atoms with E-state index in [1.165, 1.54) is 28.9 Å². The molecule has 2 heterocycles. The highest BCUT2D eigenvalue weighted by Crippen LogP contribution is 2.38.